The van der Waals surface area contributed by atoms with Gasteiger partial charge in [-0.25, -0.2) is 0 Å². The summed E-state index contributed by atoms with van der Waals surface area (Å²) in [6, 6.07) is 5.89. The summed E-state index contributed by atoms with van der Waals surface area (Å²) in [6.07, 6.45) is 3.36. The number of fused-ring (bicyclic) bond motifs is 1. The Morgan fingerprint density at radius 3 is 2.86 bits per heavy atom. The Hall–Kier alpha value is -1.17. The maximum Gasteiger partial charge on any atom is 0.129 e. The zero-order valence-electron chi connectivity index (χ0n) is 12.9. The Morgan fingerprint density at radius 2 is 2.14 bits per heavy atom. The van der Waals surface area contributed by atoms with Crippen molar-refractivity contribution in [2.24, 2.45) is 0 Å². The second-order valence-corrected chi connectivity index (χ2v) is 6.44. The van der Waals surface area contributed by atoms with Crippen LogP contribution in [-0.2, 0) is 0 Å². The number of β-amino-alcohol motifs (C(OH)–C–C–N with tert-alkyl or cyclic N) is 1. The molecule has 0 saturated heterocycles. The molecule has 0 aliphatic heterocycles. The molecule has 0 radical (unpaired) electrons. The van der Waals surface area contributed by atoms with Crippen LogP contribution in [-0.4, -0.2) is 34.3 Å². The van der Waals surface area contributed by atoms with E-state index < -0.39 is 6.10 Å². The van der Waals surface area contributed by atoms with Gasteiger partial charge in [-0.2, -0.15) is 4.37 Å². The van der Waals surface area contributed by atoms with Crippen molar-refractivity contribution in [3.05, 3.63) is 24.4 Å². The first-order valence-corrected chi connectivity index (χ1v) is 8.24. The molecule has 21 heavy (non-hydrogen) atoms. The van der Waals surface area contributed by atoms with Crippen LogP contribution in [0.25, 0.3) is 10.1 Å². The molecule has 0 fully saturated rings. The molecule has 1 aromatic carbocycles. The van der Waals surface area contributed by atoms with E-state index >= 15 is 0 Å². The van der Waals surface area contributed by atoms with Crippen LogP contribution in [0.2, 0.25) is 0 Å². The van der Waals surface area contributed by atoms with Crippen molar-refractivity contribution < 1.29 is 9.84 Å². The minimum atomic E-state index is -0.524. The van der Waals surface area contributed by atoms with Gasteiger partial charge in [-0.1, -0.05) is 19.9 Å². The molecule has 1 unspecified atom stereocenters. The van der Waals surface area contributed by atoms with Gasteiger partial charge in [0.1, 0.15) is 18.5 Å². The highest BCUT2D eigenvalue weighted by molar-refractivity contribution is 7.13. The lowest BCUT2D eigenvalue weighted by atomic mass is 9.95. The predicted octanol–water partition coefficient (Wildman–Crippen LogP) is 3.20. The molecule has 4 nitrogen and oxygen atoms in total. The van der Waals surface area contributed by atoms with Gasteiger partial charge < -0.3 is 15.2 Å². The molecule has 2 rings (SSSR count). The molecule has 0 bridgehead atoms. The van der Waals surface area contributed by atoms with E-state index in [1.54, 1.807) is 0 Å². The third-order valence-corrected chi connectivity index (χ3v) is 4.88. The predicted molar refractivity (Wildman–Crippen MR) is 88.1 cm³/mol. The fourth-order valence-electron chi connectivity index (χ4n) is 2.10. The minimum Gasteiger partial charge on any atom is -0.490 e. The number of nitrogens with one attached hydrogen (secondary N) is 1. The molecule has 5 heteroatoms. The molecule has 0 aliphatic carbocycles. The van der Waals surface area contributed by atoms with Crippen LogP contribution in [0, 0.1) is 0 Å². The minimum absolute atomic E-state index is 0.0816. The van der Waals surface area contributed by atoms with Gasteiger partial charge >= 0.3 is 0 Å². The van der Waals surface area contributed by atoms with E-state index in [1.165, 1.54) is 11.5 Å². The molecule has 2 N–H and O–H groups in total. The fourth-order valence-corrected chi connectivity index (χ4v) is 2.76. The van der Waals surface area contributed by atoms with Gasteiger partial charge in [0.2, 0.25) is 0 Å². The SMILES string of the molecule is CCC(C)(CC)NCC(O)COc1cccc2sncc12. The number of hydrogen-bond donors (Lipinski definition) is 2. The summed E-state index contributed by atoms with van der Waals surface area (Å²) in [5.74, 6) is 0.786. The molecular weight excluding hydrogens is 284 g/mol. The van der Waals surface area contributed by atoms with Crippen LogP contribution < -0.4 is 10.1 Å². The summed E-state index contributed by atoms with van der Waals surface area (Å²) in [6.45, 7) is 7.31. The Bertz CT molecular complexity index is 566. The molecule has 2 aromatic rings. The molecular formula is C16H24N2O2S. The Labute approximate surface area is 130 Å². The summed E-state index contributed by atoms with van der Waals surface area (Å²) in [7, 11) is 0. The first-order valence-electron chi connectivity index (χ1n) is 7.47. The largest absolute Gasteiger partial charge is 0.490 e. The topological polar surface area (TPSA) is 54.4 Å². The molecule has 0 aliphatic rings. The van der Waals surface area contributed by atoms with Crippen LogP contribution in [0.4, 0.5) is 0 Å². The summed E-state index contributed by atoms with van der Waals surface area (Å²) >= 11 is 1.45. The molecule has 1 aromatic heterocycles. The fraction of sp³-hybridized carbons (Fsp3) is 0.562. The normalized spacial score (nSPS) is 13.5. The lowest BCUT2D eigenvalue weighted by Crippen LogP contribution is -2.46. The monoisotopic (exact) mass is 308 g/mol. The van der Waals surface area contributed by atoms with Crippen LogP contribution >= 0.6 is 11.5 Å². The summed E-state index contributed by atoms with van der Waals surface area (Å²) in [4.78, 5) is 0. The van der Waals surface area contributed by atoms with Gasteiger partial charge in [-0.15, -0.1) is 0 Å². The summed E-state index contributed by atoms with van der Waals surface area (Å²) in [5.41, 5.74) is 0.0816. The highest BCUT2D eigenvalue weighted by atomic mass is 32.1. The van der Waals surface area contributed by atoms with Crippen molar-refractivity contribution in [1.82, 2.24) is 9.69 Å². The van der Waals surface area contributed by atoms with Gasteiger partial charge in [0, 0.05) is 12.1 Å². The van der Waals surface area contributed by atoms with Gasteiger partial charge in [-0.3, -0.25) is 0 Å². The maximum absolute atomic E-state index is 10.1. The molecule has 0 spiro atoms. The third kappa shape index (κ3) is 4.15. The number of aromatic nitrogens is 1. The Kier molecular flexibility index (Phi) is 5.56. The van der Waals surface area contributed by atoms with Crippen LogP contribution in [0.3, 0.4) is 0 Å². The van der Waals surface area contributed by atoms with Gasteiger partial charge in [-0.05, 0) is 43.4 Å². The lowest BCUT2D eigenvalue weighted by Gasteiger charge is -2.29. The van der Waals surface area contributed by atoms with Crippen LogP contribution in [0.15, 0.2) is 24.4 Å². The van der Waals surface area contributed by atoms with Gasteiger partial charge in [0.15, 0.2) is 0 Å². The van der Waals surface area contributed by atoms with Gasteiger partial charge in [0.25, 0.3) is 0 Å². The number of hydrogen-bond acceptors (Lipinski definition) is 5. The van der Waals surface area contributed by atoms with E-state index in [4.69, 9.17) is 4.74 Å². The van der Waals surface area contributed by atoms with E-state index in [-0.39, 0.29) is 12.1 Å². The lowest BCUT2D eigenvalue weighted by molar-refractivity contribution is 0.0974. The van der Waals surface area contributed by atoms with E-state index in [0.717, 1.165) is 28.7 Å². The third-order valence-electron chi connectivity index (χ3n) is 4.12. The molecule has 0 amide bonds. The van der Waals surface area contributed by atoms with Crippen LogP contribution in [0.5, 0.6) is 5.75 Å². The highest BCUT2D eigenvalue weighted by Gasteiger charge is 2.20. The highest BCUT2D eigenvalue weighted by Crippen LogP contribution is 2.27. The first-order chi connectivity index (χ1) is 10.1. The Balaban J connectivity index is 1.87. The number of aliphatic hydroxyl groups excluding tert-OH is 1. The molecule has 1 heterocycles. The molecule has 1 atom stereocenters. The van der Waals surface area contributed by atoms with E-state index in [9.17, 15) is 5.11 Å². The second-order valence-electron chi connectivity index (χ2n) is 5.61. The number of benzene rings is 1. The molecule has 116 valence electrons. The summed E-state index contributed by atoms with van der Waals surface area (Å²) in [5, 5.41) is 14.5. The molecule has 0 saturated carbocycles. The van der Waals surface area contributed by atoms with Crippen molar-refractivity contribution >= 4 is 21.6 Å². The Morgan fingerprint density at radius 1 is 1.38 bits per heavy atom. The van der Waals surface area contributed by atoms with E-state index in [1.807, 2.05) is 24.4 Å². The van der Waals surface area contributed by atoms with Gasteiger partial charge in [0.05, 0.1) is 16.3 Å². The van der Waals surface area contributed by atoms with Crippen LogP contribution in [0.1, 0.15) is 33.6 Å². The first kappa shape index (κ1) is 16.2. The standard InChI is InChI=1S/C16H24N2O2S/c1-4-16(3,5-2)17-9-12(19)11-20-14-7-6-8-15-13(14)10-18-21-15/h6-8,10,12,17,19H,4-5,9,11H2,1-3H3. The average molecular weight is 308 g/mol. The smallest absolute Gasteiger partial charge is 0.129 e. The number of nitrogens with zero attached hydrogens (tertiary/aromatic N) is 1. The number of rotatable bonds is 8. The number of aliphatic hydroxyl groups is 1. The number of ether oxygens (including phenoxy) is 1. The average Bonchev–Trinajstić information content (AvgIpc) is 2.99. The zero-order valence-corrected chi connectivity index (χ0v) is 13.7. The van der Waals surface area contributed by atoms with E-state index in [2.05, 4.69) is 30.5 Å². The zero-order chi connectivity index (χ0) is 15.3. The van der Waals surface area contributed by atoms with Crippen molar-refractivity contribution in [1.29, 1.82) is 0 Å². The maximum atomic E-state index is 10.1. The second kappa shape index (κ2) is 7.20. The quantitative estimate of drug-likeness (QED) is 0.786. The summed E-state index contributed by atoms with van der Waals surface area (Å²) < 4.78 is 11.0. The van der Waals surface area contributed by atoms with Crippen molar-refractivity contribution in [2.75, 3.05) is 13.2 Å². The van der Waals surface area contributed by atoms with Crippen molar-refractivity contribution in [3.8, 4) is 5.75 Å². The van der Waals surface area contributed by atoms with E-state index in [0.29, 0.717) is 6.54 Å². The van der Waals surface area contributed by atoms with Crippen molar-refractivity contribution in [2.45, 2.75) is 45.3 Å². The van der Waals surface area contributed by atoms with Crippen molar-refractivity contribution in [3.63, 3.8) is 0 Å².